The lowest BCUT2D eigenvalue weighted by atomic mass is 10.2. The third-order valence-electron chi connectivity index (χ3n) is 1.98. The Hall–Kier alpha value is -0.710. The highest BCUT2D eigenvalue weighted by molar-refractivity contribution is 5.77. The van der Waals surface area contributed by atoms with Crippen molar-refractivity contribution >= 4 is 5.91 Å². The summed E-state index contributed by atoms with van der Waals surface area (Å²) in [6.07, 6.45) is -0.824. The average molecular weight is 193 g/mol. The number of alkyl halides is 2. The monoisotopic (exact) mass is 193 g/mol. The van der Waals surface area contributed by atoms with E-state index in [0.717, 1.165) is 6.92 Å². The van der Waals surface area contributed by atoms with Crippen molar-refractivity contribution in [3.8, 4) is 0 Å². The summed E-state index contributed by atoms with van der Waals surface area (Å²) in [5.74, 6) is -3.53. The summed E-state index contributed by atoms with van der Waals surface area (Å²) >= 11 is 0. The molecular weight excluding hydrogens is 180 g/mol. The number of halogens is 2. The van der Waals surface area contributed by atoms with Gasteiger partial charge < -0.3 is 10.0 Å². The molecule has 1 aliphatic heterocycles. The van der Waals surface area contributed by atoms with Crippen LogP contribution in [-0.4, -0.2) is 41.0 Å². The fourth-order valence-electron chi connectivity index (χ4n) is 1.35. The van der Waals surface area contributed by atoms with Gasteiger partial charge in [0, 0.05) is 13.1 Å². The molecule has 1 saturated heterocycles. The van der Waals surface area contributed by atoms with Gasteiger partial charge in [-0.15, -0.1) is 0 Å². The van der Waals surface area contributed by atoms with Crippen molar-refractivity contribution < 1.29 is 18.7 Å². The lowest BCUT2D eigenvalue weighted by Gasteiger charge is -2.17. The van der Waals surface area contributed by atoms with Crippen LogP contribution in [0.1, 0.15) is 19.8 Å². The van der Waals surface area contributed by atoms with Gasteiger partial charge in [-0.3, -0.25) is 4.79 Å². The van der Waals surface area contributed by atoms with Crippen LogP contribution in [0, 0.1) is 0 Å². The van der Waals surface area contributed by atoms with Gasteiger partial charge in [0.1, 0.15) is 0 Å². The van der Waals surface area contributed by atoms with Crippen molar-refractivity contribution in [2.45, 2.75) is 31.8 Å². The van der Waals surface area contributed by atoms with Crippen molar-refractivity contribution in [2.75, 3.05) is 13.1 Å². The first-order chi connectivity index (χ1) is 5.88. The zero-order valence-electron chi connectivity index (χ0n) is 7.46. The zero-order valence-corrected chi connectivity index (χ0v) is 7.46. The van der Waals surface area contributed by atoms with E-state index >= 15 is 0 Å². The van der Waals surface area contributed by atoms with Crippen LogP contribution in [0.2, 0.25) is 0 Å². The predicted octanol–water partition coefficient (Wildman–Crippen LogP) is 0.625. The summed E-state index contributed by atoms with van der Waals surface area (Å²) in [5.41, 5.74) is 0. The summed E-state index contributed by atoms with van der Waals surface area (Å²) in [5, 5.41) is 9.07. The van der Waals surface area contributed by atoms with Gasteiger partial charge in [-0.2, -0.15) is 0 Å². The van der Waals surface area contributed by atoms with E-state index in [9.17, 15) is 13.6 Å². The van der Waals surface area contributed by atoms with E-state index in [1.54, 1.807) is 0 Å². The second kappa shape index (κ2) is 3.57. The number of hydrogen-bond acceptors (Lipinski definition) is 2. The highest BCUT2D eigenvalue weighted by atomic mass is 19.3. The van der Waals surface area contributed by atoms with Crippen molar-refractivity contribution in [3.63, 3.8) is 0 Å². The highest BCUT2D eigenvalue weighted by Gasteiger charge is 2.31. The molecule has 1 rings (SSSR count). The number of amides is 1. The summed E-state index contributed by atoms with van der Waals surface area (Å²) < 4.78 is 24.8. The quantitative estimate of drug-likeness (QED) is 0.698. The first-order valence-corrected chi connectivity index (χ1v) is 4.22. The zero-order chi connectivity index (χ0) is 10.1. The van der Waals surface area contributed by atoms with Crippen LogP contribution < -0.4 is 0 Å². The Morgan fingerprint density at radius 1 is 1.69 bits per heavy atom. The summed E-state index contributed by atoms with van der Waals surface area (Å²) in [6.45, 7) is 1.29. The number of carbonyl (C=O) groups excluding carboxylic acids is 1. The molecule has 5 heteroatoms. The lowest BCUT2D eigenvalue weighted by molar-refractivity contribution is -0.137. The maximum atomic E-state index is 12.4. The lowest BCUT2D eigenvalue weighted by Crippen LogP contribution is -2.33. The van der Waals surface area contributed by atoms with Gasteiger partial charge in [-0.25, -0.2) is 8.78 Å². The molecule has 0 aromatic rings. The molecule has 0 aliphatic carbocycles. The number of likely N-dealkylation sites (tertiary alicyclic amines) is 1. The molecule has 3 nitrogen and oxygen atoms in total. The molecule has 0 saturated carbocycles. The van der Waals surface area contributed by atoms with E-state index in [0.29, 0.717) is 13.0 Å². The molecule has 0 spiro atoms. The van der Waals surface area contributed by atoms with E-state index < -0.39 is 24.4 Å². The smallest absolute Gasteiger partial charge is 0.254 e. The van der Waals surface area contributed by atoms with Gasteiger partial charge in [0.15, 0.2) is 0 Å². The molecule has 76 valence electrons. The van der Waals surface area contributed by atoms with Crippen molar-refractivity contribution in [3.05, 3.63) is 0 Å². The maximum absolute atomic E-state index is 12.4. The summed E-state index contributed by atoms with van der Waals surface area (Å²) in [4.78, 5) is 12.4. The molecule has 1 heterocycles. The Kier molecular flexibility index (Phi) is 2.85. The van der Waals surface area contributed by atoms with E-state index in [1.807, 2.05) is 0 Å². The van der Waals surface area contributed by atoms with Gasteiger partial charge in [-0.05, 0) is 13.3 Å². The molecule has 0 aromatic heterocycles. The Balaban J connectivity index is 2.41. The Bertz CT molecular complexity index is 203. The molecule has 1 fully saturated rings. The highest BCUT2D eigenvalue weighted by Crippen LogP contribution is 2.20. The van der Waals surface area contributed by atoms with E-state index in [1.165, 1.54) is 4.90 Å². The van der Waals surface area contributed by atoms with Crippen LogP contribution in [0.25, 0.3) is 0 Å². The first kappa shape index (κ1) is 10.4. The molecule has 13 heavy (non-hydrogen) atoms. The van der Waals surface area contributed by atoms with Crippen molar-refractivity contribution in [2.24, 2.45) is 0 Å². The SMILES string of the molecule is CC(F)(F)CC(=O)N1CC[C@H](O)C1. The molecule has 1 aliphatic rings. The van der Waals surface area contributed by atoms with Gasteiger partial charge in [0.25, 0.3) is 5.92 Å². The Morgan fingerprint density at radius 3 is 2.69 bits per heavy atom. The fourth-order valence-corrected chi connectivity index (χ4v) is 1.35. The van der Waals surface area contributed by atoms with Crippen molar-refractivity contribution in [1.29, 1.82) is 0 Å². The normalized spacial score (nSPS) is 23.7. The number of β-amino-alcohol motifs (C(OH)–C–C–N with tert-alkyl or cyclic N) is 1. The second-order valence-corrected chi connectivity index (χ2v) is 3.53. The number of aliphatic hydroxyl groups excluding tert-OH is 1. The molecule has 0 bridgehead atoms. The third kappa shape index (κ3) is 3.26. The maximum Gasteiger partial charge on any atom is 0.254 e. The van der Waals surface area contributed by atoms with Crippen molar-refractivity contribution in [1.82, 2.24) is 4.90 Å². The van der Waals surface area contributed by atoms with Crippen LogP contribution in [-0.2, 0) is 4.79 Å². The van der Waals surface area contributed by atoms with E-state index in [2.05, 4.69) is 0 Å². The van der Waals surface area contributed by atoms with Crippen LogP contribution in [0.3, 0.4) is 0 Å². The van der Waals surface area contributed by atoms with Gasteiger partial charge >= 0.3 is 0 Å². The molecule has 0 radical (unpaired) electrons. The van der Waals surface area contributed by atoms with E-state index in [4.69, 9.17) is 5.11 Å². The van der Waals surface area contributed by atoms with Crippen LogP contribution in [0.5, 0.6) is 0 Å². The van der Waals surface area contributed by atoms with Gasteiger partial charge in [0.05, 0.1) is 12.5 Å². The minimum atomic E-state index is -2.95. The number of hydrogen-bond donors (Lipinski definition) is 1. The van der Waals surface area contributed by atoms with E-state index in [-0.39, 0.29) is 6.54 Å². The second-order valence-electron chi connectivity index (χ2n) is 3.53. The molecular formula is C8H13F2NO2. The third-order valence-corrected chi connectivity index (χ3v) is 1.98. The molecule has 1 amide bonds. The number of nitrogens with zero attached hydrogens (tertiary/aromatic N) is 1. The summed E-state index contributed by atoms with van der Waals surface area (Å²) in [6, 6.07) is 0. The van der Waals surface area contributed by atoms with Crippen LogP contribution >= 0.6 is 0 Å². The van der Waals surface area contributed by atoms with Gasteiger partial charge in [-0.1, -0.05) is 0 Å². The first-order valence-electron chi connectivity index (χ1n) is 4.22. The topological polar surface area (TPSA) is 40.5 Å². The van der Waals surface area contributed by atoms with Crippen LogP contribution in [0.15, 0.2) is 0 Å². The summed E-state index contributed by atoms with van der Waals surface area (Å²) in [7, 11) is 0. The number of aliphatic hydroxyl groups is 1. The van der Waals surface area contributed by atoms with Gasteiger partial charge in [0.2, 0.25) is 5.91 Å². The number of carbonyl (C=O) groups is 1. The minimum absolute atomic E-state index is 0.189. The number of rotatable bonds is 2. The molecule has 1 N–H and O–H groups in total. The predicted molar refractivity (Wildman–Crippen MR) is 42.4 cm³/mol. The molecule has 1 atom stereocenters. The Morgan fingerprint density at radius 2 is 2.31 bits per heavy atom. The standard InChI is InChI=1S/C8H13F2NO2/c1-8(9,10)4-7(13)11-3-2-6(12)5-11/h6,12H,2-5H2,1H3/t6-/m0/s1. The minimum Gasteiger partial charge on any atom is -0.391 e. The molecule has 0 aromatic carbocycles. The fraction of sp³-hybridized carbons (Fsp3) is 0.875. The van der Waals surface area contributed by atoms with Crippen LogP contribution in [0.4, 0.5) is 8.78 Å². The Labute approximate surface area is 75.3 Å². The largest absolute Gasteiger partial charge is 0.391 e. The molecule has 0 unspecified atom stereocenters. The average Bonchev–Trinajstić information content (AvgIpc) is 2.31.